The number of carbonyl (C=O) groups is 4. The van der Waals surface area contributed by atoms with Gasteiger partial charge in [0.1, 0.15) is 0 Å². The fourth-order valence-electron chi connectivity index (χ4n) is 3.63. The summed E-state index contributed by atoms with van der Waals surface area (Å²) in [4.78, 5) is 55.6. The van der Waals surface area contributed by atoms with E-state index in [1.54, 1.807) is 43.3 Å². The van der Waals surface area contributed by atoms with Gasteiger partial charge in [0.15, 0.2) is 11.5 Å². The van der Waals surface area contributed by atoms with Crippen molar-refractivity contribution in [3.8, 4) is 11.5 Å². The van der Waals surface area contributed by atoms with Gasteiger partial charge in [-0.15, -0.1) is 0 Å². The smallest absolute Gasteiger partial charge is 0.329 e. The van der Waals surface area contributed by atoms with E-state index in [9.17, 15) is 19.2 Å². The third-order valence-electron chi connectivity index (χ3n) is 5.03. The van der Waals surface area contributed by atoms with E-state index >= 15 is 0 Å². The second-order valence-electron chi connectivity index (χ2n) is 7.16. The molecule has 32 heavy (non-hydrogen) atoms. The first-order valence-electron chi connectivity index (χ1n) is 10.0. The first kappa shape index (κ1) is 22.8. The Kier molecular flexibility index (Phi) is 6.77. The fourth-order valence-corrected chi connectivity index (χ4v) is 3.63. The van der Waals surface area contributed by atoms with Crippen molar-refractivity contribution in [2.45, 2.75) is 33.2 Å². The fraction of sp³-hybridized carbons (Fsp3) is 0.304. The van der Waals surface area contributed by atoms with Crippen molar-refractivity contribution >= 4 is 23.7 Å². The molecule has 0 fully saturated rings. The highest BCUT2D eigenvalue weighted by atomic mass is 16.7. The first-order valence-corrected chi connectivity index (χ1v) is 10.0. The van der Waals surface area contributed by atoms with Gasteiger partial charge in [0, 0.05) is 6.92 Å². The largest absolute Gasteiger partial charge is 0.493 e. The van der Waals surface area contributed by atoms with Gasteiger partial charge in [-0.25, -0.2) is 0 Å². The lowest BCUT2D eigenvalue weighted by Gasteiger charge is -2.27. The highest BCUT2D eigenvalue weighted by Gasteiger charge is 2.42. The number of carbonyl (C=O) groups excluding carboxylic acids is 4. The number of amides is 3. The van der Waals surface area contributed by atoms with Gasteiger partial charge in [0.25, 0.3) is 17.7 Å². The van der Waals surface area contributed by atoms with Gasteiger partial charge >= 0.3 is 5.97 Å². The molecule has 1 atom stereocenters. The van der Waals surface area contributed by atoms with Crippen molar-refractivity contribution in [1.82, 2.24) is 10.4 Å². The number of fused-ring (bicyclic) bond motifs is 1. The highest BCUT2D eigenvalue weighted by Crippen LogP contribution is 2.38. The molecule has 3 rings (SSSR count). The molecule has 0 saturated heterocycles. The van der Waals surface area contributed by atoms with Crippen LogP contribution in [0.25, 0.3) is 0 Å². The number of nitrogens with zero attached hydrogens (tertiary/aromatic N) is 1. The van der Waals surface area contributed by atoms with Gasteiger partial charge in [0.2, 0.25) is 0 Å². The molecule has 1 aliphatic rings. The number of ether oxygens (including phenoxy) is 2. The molecule has 0 unspecified atom stereocenters. The minimum absolute atomic E-state index is 0.277. The summed E-state index contributed by atoms with van der Waals surface area (Å²) in [7, 11) is 1.49. The monoisotopic (exact) mass is 440 g/mol. The zero-order chi connectivity index (χ0) is 23.4. The summed E-state index contributed by atoms with van der Waals surface area (Å²) in [6.45, 7) is 5.06. The molecule has 0 saturated carbocycles. The Morgan fingerprint density at radius 2 is 1.84 bits per heavy atom. The number of hydroxylamine groups is 1. The van der Waals surface area contributed by atoms with Crippen LogP contribution in [0.2, 0.25) is 0 Å². The molecule has 0 bridgehead atoms. The summed E-state index contributed by atoms with van der Waals surface area (Å²) < 4.78 is 10.9. The quantitative estimate of drug-likeness (QED) is 0.520. The van der Waals surface area contributed by atoms with Crippen LogP contribution in [-0.2, 0) is 14.4 Å². The Morgan fingerprint density at radius 3 is 2.47 bits per heavy atom. The van der Waals surface area contributed by atoms with E-state index in [1.165, 1.54) is 7.11 Å². The number of hydrogen-bond acceptors (Lipinski definition) is 7. The van der Waals surface area contributed by atoms with Gasteiger partial charge in [-0.05, 0) is 43.2 Å². The normalized spacial score (nSPS) is 13.4. The maximum Gasteiger partial charge on any atom is 0.329 e. The first-order chi connectivity index (χ1) is 15.3. The number of benzene rings is 2. The van der Waals surface area contributed by atoms with E-state index in [1.807, 2.05) is 12.4 Å². The van der Waals surface area contributed by atoms with Crippen molar-refractivity contribution in [2.24, 2.45) is 0 Å². The summed E-state index contributed by atoms with van der Waals surface area (Å²) in [6, 6.07) is 8.98. The molecule has 0 aromatic heterocycles. The van der Waals surface area contributed by atoms with Gasteiger partial charge in [-0.3, -0.25) is 24.1 Å². The summed E-state index contributed by atoms with van der Waals surface area (Å²) in [5.74, 6) is -1.50. The molecule has 3 amide bonds. The Bertz CT molecular complexity index is 1080. The zero-order valence-corrected chi connectivity index (χ0v) is 18.3. The molecule has 1 aliphatic heterocycles. The maximum atomic E-state index is 13.3. The summed E-state index contributed by atoms with van der Waals surface area (Å²) >= 11 is 0. The van der Waals surface area contributed by atoms with Crippen molar-refractivity contribution in [2.75, 3.05) is 13.7 Å². The average Bonchev–Trinajstić information content (AvgIpc) is 3.02. The lowest BCUT2D eigenvalue weighted by atomic mass is 10.0. The average molecular weight is 440 g/mol. The molecule has 168 valence electrons. The topological polar surface area (TPSA) is 111 Å². The van der Waals surface area contributed by atoms with Crippen molar-refractivity contribution < 1.29 is 33.5 Å². The van der Waals surface area contributed by atoms with Crippen LogP contribution < -0.4 is 15.0 Å². The van der Waals surface area contributed by atoms with Crippen molar-refractivity contribution in [1.29, 1.82) is 0 Å². The van der Waals surface area contributed by atoms with E-state index < -0.39 is 29.7 Å². The van der Waals surface area contributed by atoms with Crippen molar-refractivity contribution in [3.63, 3.8) is 0 Å². The lowest BCUT2D eigenvalue weighted by molar-refractivity contribution is -0.156. The van der Waals surface area contributed by atoms with E-state index in [0.29, 0.717) is 34.8 Å². The van der Waals surface area contributed by atoms with E-state index in [0.717, 1.165) is 11.8 Å². The van der Waals surface area contributed by atoms with Crippen LogP contribution in [0.5, 0.6) is 11.5 Å². The second-order valence-corrected chi connectivity index (χ2v) is 7.16. The Hall–Kier alpha value is -3.88. The van der Waals surface area contributed by atoms with Gasteiger partial charge in [-0.1, -0.05) is 18.2 Å². The molecular formula is C23H24N2O7. The molecule has 0 radical (unpaired) electrons. The van der Waals surface area contributed by atoms with Crippen LogP contribution in [0.1, 0.15) is 58.2 Å². The number of aryl methyl sites for hydroxylation is 1. The SMILES string of the molecule is CCOc1cc([C@@H](CC(=O)NOC(C)=O)N2C(=O)c3cccc(C)c3C2=O)ccc1OC. The Balaban J connectivity index is 2.04. The van der Waals surface area contributed by atoms with Crippen molar-refractivity contribution in [3.05, 3.63) is 58.7 Å². The summed E-state index contributed by atoms with van der Waals surface area (Å²) in [5.41, 5.74) is 3.77. The number of imide groups is 1. The van der Waals surface area contributed by atoms with Crippen LogP contribution in [-0.4, -0.2) is 42.3 Å². The summed E-state index contributed by atoms with van der Waals surface area (Å²) in [6.07, 6.45) is -0.324. The molecule has 2 aromatic carbocycles. The molecule has 0 spiro atoms. The van der Waals surface area contributed by atoms with Crippen LogP contribution in [0.3, 0.4) is 0 Å². The molecule has 1 heterocycles. The minimum atomic E-state index is -0.970. The van der Waals surface area contributed by atoms with Crippen LogP contribution in [0.15, 0.2) is 36.4 Å². The molecule has 9 nitrogen and oxygen atoms in total. The van der Waals surface area contributed by atoms with E-state index in [-0.39, 0.29) is 12.0 Å². The summed E-state index contributed by atoms with van der Waals surface area (Å²) in [5, 5.41) is 0. The predicted molar refractivity (Wildman–Crippen MR) is 113 cm³/mol. The minimum Gasteiger partial charge on any atom is -0.493 e. The van der Waals surface area contributed by atoms with Gasteiger partial charge < -0.3 is 14.3 Å². The Labute approximate surface area is 185 Å². The predicted octanol–water partition coefficient (Wildman–Crippen LogP) is 2.72. The van der Waals surface area contributed by atoms with Crippen LogP contribution >= 0.6 is 0 Å². The third-order valence-corrected chi connectivity index (χ3v) is 5.03. The molecule has 1 N–H and O–H groups in total. The lowest BCUT2D eigenvalue weighted by Crippen LogP contribution is -2.38. The molecular weight excluding hydrogens is 416 g/mol. The standard InChI is InChI=1S/C23H24N2O7/c1-5-31-19-11-15(9-10-18(19)30-4)17(12-20(27)24-32-14(3)26)25-22(28)16-8-6-7-13(2)21(16)23(25)29/h6-11,17H,5,12H2,1-4H3,(H,24,27)/t17-/m1/s1. The van der Waals surface area contributed by atoms with E-state index in [2.05, 4.69) is 4.84 Å². The molecule has 2 aromatic rings. The van der Waals surface area contributed by atoms with Crippen LogP contribution in [0, 0.1) is 6.92 Å². The van der Waals surface area contributed by atoms with Gasteiger partial charge in [-0.2, -0.15) is 5.48 Å². The number of methoxy groups -OCH3 is 1. The van der Waals surface area contributed by atoms with Crippen LogP contribution in [0.4, 0.5) is 0 Å². The number of rotatable bonds is 7. The van der Waals surface area contributed by atoms with E-state index in [4.69, 9.17) is 9.47 Å². The molecule has 0 aliphatic carbocycles. The second kappa shape index (κ2) is 9.51. The Morgan fingerprint density at radius 1 is 1.09 bits per heavy atom. The zero-order valence-electron chi connectivity index (χ0n) is 18.3. The number of nitrogens with one attached hydrogen (secondary N) is 1. The highest BCUT2D eigenvalue weighted by molar-refractivity contribution is 6.22. The molecule has 9 heteroatoms. The number of hydrogen-bond donors (Lipinski definition) is 1. The maximum absolute atomic E-state index is 13.3. The third kappa shape index (κ3) is 4.41. The van der Waals surface area contributed by atoms with Gasteiger partial charge in [0.05, 0.1) is 37.3 Å².